The first-order chi connectivity index (χ1) is 19.3. The van der Waals surface area contributed by atoms with E-state index < -0.39 is 11.7 Å². The number of halogens is 1. The van der Waals surface area contributed by atoms with E-state index in [4.69, 9.17) is 4.74 Å². The van der Waals surface area contributed by atoms with Crippen LogP contribution >= 0.6 is 0 Å². The van der Waals surface area contributed by atoms with Crippen molar-refractivity contribution in [3.8, 4) is 0 Å². The minimum Gasteiger partial charge on any atom is -0.378 e. The van der Waals surface area contributed by atoms with Crippen molar-refractivity contribution in [1.82, 2.24) is 14.7 Å². The third-order valence-corrected chi connectivity index (χ3v) is 6.99. The normalized spacial score (nSPS) is 13.3. The molecule has 0 radical (unpaired) electrons. The maximum Gasteiger partial charge on any atom is 0.255 e. The predicted molar refractivity (Wildman–Crippen MR) is 154 cm³/mol. The Kier molecular flexibility index (Phi) is 7.97. The van der Waals surface area contributed by atoms with Crippen LogP contribution in [-0.2, 0) is 4.74 Å². The molecule has 40 heavy (non-hydrogen) atoms. The van der Waals surface area contributed by atoms with Crippen LogP contribution in [0.5, 0.6) is 0 Å². The highest BCUT2D eigenvalue weighted by Crippen LogP contribution is 2.29. The lowest BCUT2D eigenvalue weighted by Crippen LogP contribution is -2.36. The van der Waals surface area contributed by atoms with Gasteiger partial charge < -0.3 is 30.0 Å². The molecule has 1 fully saturated rings. The molecule has 10 heteroatoms. The Morgan fingerprint density at radius 3 is 2.65 bits per heavy atom. The number of morpholine rings is 1. The summed E-state index contributed by atoms with van der Waals surface area (Å²) in [5, 5.41) is 9.19. The topological polar surface area (TPSA) is 100 Å². The molecular weight excluding hydrogens is 511 g/mol. The number of nitrogens with zero attached hydrogens (tertiary/aromatic N) is 3. The van der Waals surface area contributed by atoms with Crippen molar-refractivity contribution < 1.29 is 18.7 Å². The molecule has 5 rings (SSSR count). The number of hydrogen-bond donors (Lipinski definition) is 3. The van der Waals surface area contributed by atoms with Gasteiger partial charge in [0, 0.05) is 60.9 Å². The van der Waals surface area contributed by atoms with E-state index >= 15 is 0 Å². The second-order valence-corrected chi connectivity index (χ2v) is 9.86. The van der Waals surface area contributed by atoms with Crippen LogP contribution in [0.2, 0.25) is 0 Å². The first-order valence-electron chi connectivity index (χ1n) is 13.4. The van der Waals surface area contributed by atoms with Gasteiger partial charge in [0.05, 0.1) is 24.3 Å². The number of carbonyl (C=O) groups is 2. The van der Waals surface area contributed by atoms with Gasteiger partial charge in [-0.25, -0.2) is 9.37 Å². The summed E-state index contributed by atoms with van der Waals surface area (Å²) in [6.45, 7) is 8.88. The van der Waals surface area contributed by atoms with E-state index in [0.717, 1.165) is 28.8 Å². The molecule has 1 aliphatic heterocycles. The van der Waals surface area contributed by atoms with Crippen LogP contribution in [0.1, 0.15) is 45.2 Å². The van der Waals surface area contributed by atoms with Crippen LogP contribution < -0.4 is 20.9 Å². The van der Waals surface area contributed by atoms with E-state index in [9.17, 15) is 14.0 Å². The van der Waals surface area contributed by atoms with Crippen molar-refractivity contribution in [2.24, 2.45) is 0 Å². The smallest absolute Gasteiger partial charge is 0.255 e. The third-order valence-electron chi connectivity index (χ3n) is 6.99. The molecule has 208 valence electrons. The summed E-state index contributed by atoms with van der Waals surface area (Å²) in [7, 11) is 0. The fourth-order valence-corrected chi connectivity index (χ4v) is 4.81. The molecule has 3 N–H and O–H groups in total. The molecule has 0 saturated carbocycles. The Morgan fingerprint density at radius 2 is 1.88 bits per heavy atom. The quantitative estimate of drug-likeness (QED) is 0.287. The summed E-state index contributed by atoms with van der Waals surface area (Å²) in [5.74, 6) is -0.412. The highest BCUT2D eigenvalue weighted by atomic mass is 19.1. The Bertz CT molecular complexity index is 1560. The molecule has 0 spiro atoms. The number of aryl methyl sites for hydroxylation is 2. The average Bonchev–Trinajstić information content (AvgIpc) is 3.30. The molecular formula is C30H33FN6O3. The van der Waals surface area contributed by atoms with Crippen LogP contribution in [0, 0.1) is 19.7 Å². The van der Waals surface area contributed by atoms with Crippen LogP contribution in [-0.4, -0.2) is 54.0 Å². The molecule has 0 bridgehead atoms. The summed E-state index contributed by atoms with van der Waals surface area (Å²) in [6, 6.07) is 9.87. The van der Waals surface area contributed by atoms with E-state index in [-0.39, 0.29) is 11.5 Å². The Morgan fingerprint density at radius 1 is 1.07 bits per heavy atom. The van der Waals surface area contributed by atoms with Crippen molar-refractivity contribution in [2.45, 2.75) is 27.2 Å². The fraction of sp³-hybridized carbons (Fsp3) is 0.300. The van der Waals surface area contributed by atoms with Crippen molar-refractivity contribution in [3.63, 3.8) is 0 Å². The zero-order chi connectivity index (χ0) is 28.2. The summed E-state index contributed by atoms with van der Waals surface area (Å²) in [4.78, 5) is 32.3. The fourth-order valence-electron chi connectivity index (χ4n) is 4.81. The third kappa shape index (κ3) is 5.76. The minimum atomic E-state index is -0.468. The number of fused-ring (bicyclic) bond motifs is 1. The van der Waals surface area contributed by atoms with Crippen LogP contribution in [0.25, 0.3) is 5.52 Å². The van der Waals surface area contributed by atoms with E-state index in [0.29, 0.717) is 55.6 Å². The Labute approximate surface area is 232 Å². The molecule has 0 aliphatic carbocycles. The van der Waals surface area contributed by atoms with Crippen molar-refractivity contribution in [1.29, 1.82) is 0 Å². The number of hydrogen-bond acceptors (Lipinski definition) is 6. The molecule has 9 nitrogen and oxygen atoms in total. The number of carbonyl (C=O) groups excluding carboxylic acids is 2. The minimum absolute atomic E-state index is 0.121. The van der Waals surface area contributed by atoms with Crippen molar-refractivity contribution in [2.75, 3.05) is 48.4 Å². The number of aromatic nitrogens is 2. The van der Waals surface area contributed by atoms with E-state index in [1.165, 1.54) is 12.1 Å². The standard InChI is InChI=1S/C30H33FN6O3/c1-4-7-33-30(39)25-18-37-9-8-32-28(27(37)20(25)3)35-26-17-23(6-5-19(26)2)34-29(38)21-14-22(31)16-24(15-21)36-10-12-40-13-11-36/h5-6,8-9,14-18H,4,7,10-13H2,1-3H3,(H,32,35)(H,33,39)(H,34,38). The number of rotatable bonds is 8. The van der Waals surface area contributed by atoms with Crippen molar-refractivity contribution in [3.05, 3.63) is 83.1 Å². The molecule has 2 aromatic heterocycles. The molecule has 4 aromatic rings. The van der Waals surface area contributed by atoms with Crippen LogP contribution in [0.4, 0.5) is 27.3 Å². The maximum atomic E-state index is 14.4. The van der Waals surface area contributed by atoms with Gasteiger partial charge in [0.1, 0.15) is 5.82 Å². The van der Waals surface area contributed by atoms with Gasteiger partial charge in [-0.3, -0.25) is 9.59 Å². The molecule has 0 unspecified atom stereocenters. The van der Waals surface area contributed by atoms with Gasteiger partial charge in [0.25, 0.3) is 11.8 Å². The molecule has 1 saturated heterocycles. The largest absolute Gasteiger partial charge is 0.378 e. The van der Waals surface area contributed by atoms with Crippen LogP contribution in [0.15, 0.2) is 55.0 Å². The van der Waals surface area contributed by atoms with Gasteiger partial charge in [0.15, 0.2) is 5.82 Å². The van der Waals surface area contributed by atoms with E-state index in [1.54, 1.807) is 30.7 Å². The lowest BCUT2D eigenvalue weighted by atomic mass is 10.1. The Balaban J connectivity index is 1.38. The maximum absolute atomic E-state index is 14.4. The first kappa shape index (κ1) is 27.1. The molecule has 1 aliphatic rings. The second kappa shape index (κ2) is 11.7. The lowest BCUT2D eigenvalue weighted by Gasteiger charge is -2.29. The highest BCUT2D eigenvalue weighted by molar-refractivity contribution is 6.05. The van der Waals surface area contributed by atoms with E-state index in [1.807, 2.05) is 42.2 Å². The summed E-state index contributed by atoms with van der Waals surface area (Å²) < 4.78 is 21.7. The van der Waals surface area contributed by atoms with Gasteiger partial charge >= 0.3 is 0 Å². The zero-order valence-corrected chi connectivity index (χ0v) is 22.9. The predicted octanol–water partition coefficient (Wildman–Crippen LogP) is 5.06. The number of anilines is 4. The molecule has 0 atom stereocenters. The monoisotopic (exact) mass is 544 g/mol. The summed E-state index contributed by atoms with van der Waals surface area (Å²) in [5.41, 5.74) is 5.31. The number of benzene rings is 2. The number of nitrogens with one attached hydrogen (secondary N) is 3. The molecule has 3 heterocycles. The second-order valence-electron chi connectivity index (χ2n) is 9.86. The highest BCUT2D eigenvalue weighted by Gasteiger charge is 2.19. The van der Waals surface area contributed by atoms with Gasteiger partial charge in [-0.1, -0.05) is 13.0 Å². The van der Waals surface area contributed by atoms with Gasteiger partial charge in [0.2, 0.25) is 0 Å². The number of amides is 2. The van der Waals surface area contributed by atoms with E-state index in [2.05, 4.69) is 20.9 Å². The van der Waals surface area contributed by atoms with Gasteiger partial charge in [-0.15, -0.1) is 0 Å². The Hall–Kier alpha value is -4.44. The zero-order valence-electron chi connectivity index (χ0n) is 22.9. The van der Waals surface area contributed by atoms with Gasteiger partial charge in [-0.2, -0.15) is 0 Å². The van der Waals surface area contributed by atoms with Crippen LogP contribution in [0.3, 0.4) is 0 Å². The number of ether oxygens (including phenoxy) is 1. The molecule has 2 aromatic carbocycles. The van der Waals surface area contributed by atoms with Gasteiger partial charge in [-0.05, 0) is 61.7 Å². The average molecular weight is 545 g/mol. The summed E-state index contributed by atoms with van der Waals surface area (Å²) >= 11 is 0. The summed E-state index contributed by atoms with van der Waals surface area (Å²) in [6.07, 6.45) is 6.13. The van der Waals surface area contributed by atoms with Crippen molar-refractivity contribution >= 4 is 40.2 Å². The molecule has 2 amide bonds. The first-order valence-corrected chi connectivity index (χ1v) is 13.4. The lowest BCUT2D eigenvalue weighted by molar-refractivity contribution is 0.0952. The SMILES string of the molecule is CCCNC(=O)c1cn2ccnc(Nc3cc(NC(=O)c4cc(F)cc(N5CCOCC5)c4)ccc3C)c2c1C.